The average Bonchev–Trinajstić information content (AvgIpc) is 3.36. The molecule has 0 aromatic carbocycles. The number of aromatic nitrogens is 2. The number of amides is 3. The summed E-state index contributed by atoms with van der Waals surface area (Å²) in [5, 5.41) is 5.84. The van der Waals surface area contributed by atoms with Gasteiger partial charge in [-0.25, -0.2) is 14.8 Å². The second-order valence-corrected chi connectivity index (χ2v) is 7.98. The number of fused-ring (bicyclic) bond motifs is 2. The third-order valence-electron chi connectivity index (χ3n) is 6.09. The lowest BCUT2D eigenvalue weighted by Gasteiger charge is -2.35. The number of nitrogens with zero attached hydrogens (tertiary/aromatic N) is 4. The topological polar surface area (TPSA) is 90.5 Å². The van der Waals surface area contributed by atoms with Crippen LogP contribution in [0, 0.1) is 17.8 Å². The SMILES string of the molecule is C[C@H](NC(=O)N1CCN(c2ncccn2)CC1)C(=O)NC[C@H]1C[C@H]2C=C[C@H]1C2. The molecule has 4 atom stereocenters. The summed E-state index contributed by atoms with van der Waals surface area (Å²) >= 11 is 0. The summed E-state index contributed by atoms with van der Waals surface area (Å²) in [6.07, 6.45) is 10.4. The van der Waals surface area contributed by atoms with E-state index in [4.69, 9.17) is 0 Å². The molecule has 2 N–H and O–H groups in total. The van der Waals surface area contributed by atoms with Gasteiger partial charge in [-0.1, -0.05) is 12.2 Å². The maximum absolute atomic E-state index is 12.5. The molecule has 8 nitrogen and oxygen atoms in total. The standard InChI is InChI=1S/C20H28N6O2/c1-14(18(27)23-13-17-12-15-3-4-16(17)11-15)24-20(28)26-9-7-25(8-10-26)19-21-5-2-6-22-19/h2-6,14-17H,7-13H2,1H3,(H,23,27)(H,24,28)/t14-,15-,16-,17+/m0/s1. The fraction of sp³-hybridized carbons (Fsp3) is 0.600. The van der Waals surface area contributed by atoms with Crippen LogP contribution in [0.1, 0.15) is 19.8 Å². The van der Waals surface area contributed by atoms with Gasteiger partial charge in [-0.3, -0.25) is 4.79 Å². The molecular formula is C20H28N6O2. The van der Waals surface area contributed by atoms with Crippen LogP contribution in [0.5, 0.6) is 0 Å². The average molecular weight is 384 g/mol. The molecule has 2 heterocycles. The van der Waals surface area contributed by atoms with E-state index in [-0.39, 0.29) is 11.9 Å². The molecule has 0 unspecified atom stereocenters. The van der Waals surface area contributed by atoms with Crippen LogP contribution in [0.3, 0.4) is 0 Å². The lowest BCUT2D eigenvalue weighted by Crippen LogP contribution is -2.55. The Kier molecular flexibility index (Phi) is 5.45. The number of anilines is 1. The van der Waals surface area contributed by atoms with E-state index in [1.165, 1.54) is 6.42 Å². The van der Waals surface area contributed by atoms with Crippen LogP contribution in [-0.4, -0.2) is 65.6 Å². The highest BCUT2D eigenvalue weighted by molar-refractivity contribution is 5.86. The zero-order valence-corrected chi connectivity index (χ0v) is 16.3. The van der Waals surface area contributed by atoms with E-state index in [1.807, 2.05) is 0 Å². The summed E-state index contributed by atoms with van der Waals surface area (Å²) in [4.78, 5) is 37.2. The van der Waals surface area contributed by atoms with Crippen molar-refractivity contribution in [1.82, 2.24) is 25.5 Å². The summed E-state index contributed by atoms with van der Waals surface area (Å²) in [5.74, 6) is 2.42. The first-order chi connectivity index (χ1) is 13.6. The smallest absolute Gasteiger partial charge is 0.318 e. The van der Waals surface area contributed by atoms with Crippen LogP contribution >= 0.6 is 0 Å². The summed E-state index contributed by atoms with van der Waals surface area (Å²) in [6.45, 7) is 4.94. The van der Waals surface area contributed by atoms with Gasteiger partial charge >= 0.3 is 6.03 Å². The number of piperazine rings is 1. The van der Waals surface area contributed by atoms with Gasteiger partial charge in [0.2, 0.25) is 11.9 Å². The molecular weight excluding hydrogens is 356 g/mol. The van der Waals surface area contributed by atoms with Gasteiger partial charge in [-0.15, -0.1) is 0 Å². The predicted octanol–water partition coefficient (Wildman–Crippen LogP) is 1.03. The molecule has 28 heavy (non-hydrogen) atoms. The first-order valence-corrected chi connectivity index (χ1v) is 10.1. The van der Waals surface area contributed by atoms with E-state index in [2.05, 4.69) is 37.7 Å². The lowest BCUT2D eigenvalue weighted by molar-refractivity contribution is -0.122. The number of nitrogens with one attached hydrogen (secondary N) is 2. The molecule has 4 rings (SSSR count). The van der Waals surface area contributed by atoms with Crippen LogP contribution in [-0.2, 0) is 4.79 Å². The zero-order chi connectivity index (χ0) is 19.5. The number of carbonyl (C=O) groups is 2. The molecule has 2 aliphatic carbocycles. The minimum atomic E-state index is -0.544. The van der Waals surface area contributed by atoms with Crippen LogP contribution in [0.15, 0.2) is 30.6 Å². The van der Waals surface area contributed by atoms with Crippen molar-refractivity contribution in [3.05, 3.63) is 30.6 Å². The van der Waals surface area contributed by atoms with Crippen molar-refractivity contribution in [2.45, 2.75) is 25.8 Å². The molecule has 3 amide bonds. The fourth-order valence-electron chi connectivity index (χ4n) is 4.42. The molecule has 150 valence electrons. The fourth-order valence-corrected chi connectivity index (χ4v) is 4.42. The lowest BCUT2D eigenvalue weighted by atomic mass is 9.93. The molecule has 2 fully saturated rings. The Morgan fingerprint density at radius 1 is 1.14 bits per heavy atom. The highest BCUT2D eigenvalue weighted by Gasteiger charge is 2.35. The molecule has 0 spiro atoms. The molecule has 1 aromatic heterocycles. The van der Waals surface area contributed by atoms with Crippen LogP contribution in [0.25, 0.3) is 0 Å². The first kappa shape index (κ1) is 18.7. The van der Waals surface area contributed by atoms with E-state index in [0.29, 0.717) is 56.4 Å². The van der Waals surface area contributed by atoms with Gasteiger partial charge in [0.15, 0.2) is 0 Å². The molecule has 0 radical (unpaired) electrons. The van der Waals surface area contributed by atoms with Gasteiger partial charge in [-0.2, -0.15) is 0 Å². The van der Waals surface area contributed by atoms with Crippen molar-refractivity contribution < 1.29 is 9.59 Å². The molecule has 8 heteroatoms. The predicted molar refractivity (Wildman–Crippen MR) is 106 cm³/mol. The van der Waals surface area contributed by atoms with Crippen LogP contribution < -0.4 is 15.5 Å². The minimum absolute atomic E-state index is 0.114. The molecule has 3 aliphatic rings. The Bertz CT molecular complexity index is 731. The zero-order valence-electron chi connectivity index (χ0n) is 16.3. The molecule has 1 aromatic rings. The number of urea groups is 1. The van der Waals surface area contributed by atoms with E-state index in [9.17, 15) is 9.59 Å². The largest absolute Gasteiger partial charge is 0.354 e. The molecule has 1 aliphatic heterocycles. The number of rotatable bonds is 5. The van der Waals surface area contributed by atoms with Gasteiger partial charge in [0.1, 0.15) is 6.04 Å². The second kappa shape index (κ2) is 8.16. The van der Waals surface area contributed by atoms with Gasteiger partial charge in [0, 0.05) is 45.1 Å². The maximum atomic E-state index is 12.5. The van der Waals surface area contributed by atoms with Gasteiger partial charge in [-0.05, 0) is 43.6 Å². The normalized spacial score (nSPS) is 27.0. The Morgan fingerprint density at radius 3 is 2.54 bits per heavy atom. The molecule has 1 saturated carbocycles. The first-order valence-electron chi connectivity index (χ1n) is 10.1. The van der Waals surface area contributed by atoms with E-state index in [0.717, 1.165) is 6.42 Å². The van der Waals surface area contributed by atoms with Gasteiger partial charge in [0.05, 0.1) is 0 Å². The molecule has 1 saturated heterocycles. The van der Waals surface area contributed by atoms with Crippen molar-refractivity contribution in [1.29, 1.82) is 0 Å². The minimum Gasteiger partial charge on any atom is -0.354 e. The van der Waals surface area contributed by atoms with Crippen molar-refractivity contribution in [2.24, 2.45) is 17.8 Å². The summed E-state index contributed by atoms with van der Waals surface area (Å²) < 4.78 is 0. The van der Waals surface area contributed by atoms with Gasteiger partial charge in [0.25, 0.3) is 0 Å². The monoisotopic (exact) mass is 384 g/mol. The third-order valence-corrected chi connectivity index (χ3v) is 6.09. The highest BCUT2D eigenvalue weighted by Crippen LogP contribution is 2.42. The van der Waals surface area contributed by atoms with E-state index < -0.39 is 6.04 Å². The number of carbonyl (C=O) groups excluding carboxylic acids is 2. The quantitative estimate of drug-likeness (QED) is 0.740. The summed E-state index contributed by atoms with van der Waals surface area (Å²) in [5.41, 5.74) is 0. The Labute approximate surface area is 165 Å². The van der Waals surface area contributed by atoms with Crippen molar-refractivity contribution in [3.8, 4) is 0 Å². The highest BCUT2D eigenvalue weighted by atomic mass is 16.2. The third kappa shape index (κ3) is 4.10. The van der Waals surface area contributed by atoms with Crippen molar-refractivity contribution >= 4 is 17.9 Å². The van der Waals surface area contributed by atoms with Crippen molar-refractivity contribution in [3.63, 3.8) is 0 Å². The summed E-state index contributed by atoms with van der Waals surface area (Å²) in [7, 11) is 0. The Hall–Kier alpha value is -2.64. The summed E-state index contributed by atoms with van der Waals surface area (Å²) in [6, 6.07) is 1.05. The van der Waals surface area contributed by atoms with E-state index in [1.54, 1.807) is 30.3 Å². The van der Waals surface area contributed by atoms with Crippen LogP contribution in [0.2, 0.25) is 0 Å². The molecule has 2 bridgehead atoms. The van der Waals surface area contributed by atoms with Crippen molar-refractivity contribution in [2.75, 3.05) is 37.6 Å². The number of allylic oxidation sites excluding steroid dienone is 2. The second-order valence-electron chi connectivity index (χ2n) is 7.98. The number of hydrogen-bond donors (Lipinski definition) is 2. The van der Waals surface area contributed by atoms with Crippen LogP contribution in [0.4, 0.5) is 10.7 Å². The van der Waals surface area contributed by atoms with Gasteiger partial charge < -0.3 is 20.4 Å². The maximum Gasteiger partial charge on any atom is 0.318 e. The Morgan fingerprint density at radius 2 is 1.89 bits per heavy atom. The Balaban J connectivity index is 1.19. The van der Waals surface area contributed by atoms with E-state index >= 15 is 0 Å². The number of hydrogen-bond acceptors (Lipinski definition) is 5.